The van der Waals surface area contributed by atoms with Gasteiger partial charge in [0.2, 0.25) is 0 Å². The lowest BCUT2D eigenvalue weighted by Gasteiger charge is -2.01. The van der Waals surface area contributed by atoms with Crippen LogP contribution in [0.2, 0.25) is 5.15 Å². The summed E-state index contributed by atoms with van der Waals surface area (Å²) in [4.78, 5) is 24.9. The standard InChI is InChI=1S/C9H7ClN4O2S/c10-7-2-1-6(13-14-7)8(15)11-3-5-4-17-9(16)12-5/h1-2,4H,3H2,(H,11,15)(H,12,16). The van der Waals surface area contributed by atoms with Gasteiger partial charge in [0, 0.05) is 11.1 Å². The Hall–Kier alpha value is -1.73. The van der Waals surface area contributed by atoms with E-state index in [0.29, 0.717) is 5.69 Å². The fourth-order valence-corrected chi connectivity index (χ4v) is 1.79. The number of rotatable bonds is 3. The zero-order valence-electron chi connectivity index (χ0n) is 8.44. The predicted octanol–water partition coefficient (Wildman–Crippen LogP) is 0.810. The molecule has 0 unspecified atom stereocenters. The molecule has 0 fully saturated rings. The number of carbonyl (C=O) groups excluding carboxylic acids is 1. The van der Waals surface area contributed by atoms with Crippen molar-refractivity contribution < 1.29 is 4.79 Å². The number of thiazole rings is 1. The Morgan fingerprint density at radius 1 is 1.47 bits per heavy atom. The molecule has 2 rings (SSSR count). The summed E-state index contributed by atoms with van der Waals surface area (Å²) in [5, 5.41) is 11.7. The van der Waals surface area contributed by atoms with Crippen molar-refractivity contribution in [1.82, 2.24) is 20.5 Å². The van der Waals surface area contributed by atoms with Crippen LogP contribution in [-0.2, 0) is 6.54 Å². The zero-order chi connectivity index (χ0) is 12.3. The van der Waals surface area contributed by atoms with Crippen LogP contribution in [0.1, 0.15) is 16.2 Å². The molecule has 6 nitrogen and oxygen atoms in total. The van der Waals surface area contributed by atoms with Crippen LogP contribution in [0.25, 0.3) is 0 Å². The average Bonchev–Trinajstić information content (AvgIpc) is 2.73. The van der Waals surface area contributed by atoms with Crippen LogP contribution in [0.3, 0.4) is 0 Å². The van der Waals surface area contributed by atoms with E-state index in [1.807, 2.05) is 0 Å². The number of aromatic nitrogens is 3. The minimum absolute atomic E-state index is 0.152. The normalized spacial score (nSPS) is 10.2. The van der Waals surface area contributed by atoms with Gasteiger partial charge in [-0.05, 0) is 12.1 Å². The summed E-state index contributed by atoms with van der Waals surface area (Å²) in [6.07, 6.45) is 0. The molecular weight excluding hydrogens is 264 g/mol. The molecule has 0 saturated carbocycles. The van der Waals surface area contributed by atoms with Gasteiger partial charge in [-0.3, -0.25) is 9.59 Å². The van der Waals surface area contributed by atoms with Crippen molar-refractivity contribution >= 4 is 28.8 Å². The zero-order valence-corrected chi connectivity index (χ0v) is 10.0. The van der Waals surface area contributed by atoms with Crippen LogP contribution >= 0.6 is 22.9 Å². The highest BCUT2D eigenvalue weighted by atomic mass is 35.5. The van der Waals surface area contributed by atoms with E-state index in [4.69, 9.17) is 11.6 Å². The Morgan fingerprint density at radius 2 is 2.29 bits per heavy atom. The SMILES string of the molecule is O=C(NCc1csc(=O)[nH]1)c1ccc(Cl)nn1. The molecule has 1 amide bonds. The van der Waals surface area contributed by atoms with Crippen LogP contribution in [0.15, 0.2) is 22.3 Å². The second kappa shape index (κ2) is 5.07. The molecule has 2 heterocycles. The molecule has 2 aromatic heterocycles. The second-order valence-electron chi connectivity index (χ2n) is 3.10. The largest absolute Gasteiger partial charge is 0.345 e. The number of hydrogen-bond acceptors (Lipinski definition) is 5. The highest BCUT2D eigenvalue weighted by Gasteiger charge is 2.07. The number of halogens is 1. The molecule has 2 aromatic rings. The van der Waals surface area contributed by atoms with Gasteiger partial charge in [0.1, 0.15) is 0 Å². The Labute approximate surface area is 105 Å². The van der Waals surface area contributed by atoms with Crippen molar-refractivity contribution in [1.29, 1.82) is 0 Å². The number of aromatic amines is 1. The lowest BCUT2D eigenvalue weighted by Crippen LogP contribution is -2.24. The van der Waals surface area contributed by atoms with Crippen LogP contribution in [0, 0.1) is 0 Å². The molecule has 0 saturated heterocycles. The van der Waals surface area contributed by atoms with Crippen molar-refractivity contribution in [2.75, 3.05) is 0 Å². The molecular formula is C9H7ClN4O2S. The van der Waals surface area contributed by atoms with Gasteiger partial charge in [0.25, 0.3) is 5.91 Å². The molecule has 0 radical (unpaired) electrons. The van der Waals surface area contributed by atoms with Gasteiger partial charge in [-0.15, -0.1) is 10.2 Å². The summed E-state index contributed by atoms with van der Waals surface area (Å²) in [6.45, 7) is 0.238. The molecule has 0 aliphatic carbocycles. The Morgan fingerprint density at radius 3 is 2.88 bits per heavy atom. The maximum atomic E-state index is 11.6. The van der Waals surface area contributed by atoms with Crippen LogP contribution in [-0.4, -0.2) is 21.1 Å². The fraction of sp³-hybridized carbons (Fsp3) is 0.111. The summed E-state index contributed by atoms with van der Waals surface area (Å²) in [7, 11) is 0. The second-order valence-corrected chi connectivity index (χ2v) is 4.33. The van der Waals surface area contributed by atoms with E-state index < -0.39 is 0 Å². The number of nitrogens with zero attached hydrogens (tertiary/aromatic N) is 2. The summed E-state index contributed by atoms with van der Waals surface area (Å²) in [5.74, 6) is -0.374. The van der Waals surface area contributed by atoms with E-state index in [9.17, 15) is 9.59 Å². The smallest absolute Gasteiger partial charge is 0.304 e. The highest BCUT2D eigenvalue weighted by molar-refractivity contribution is 7.07. The Balaban J connectivity index is 1.98. The van der Waals surface area contributed by atoms with E-state index in [1.54, 1.807) is 5.38 Å². The Bertz CT molecular complexity index is 577. The minimum Gasteiger partial charge on any atom is -0.345 e. The lowest BCUT2D eigenvalue weighted by atomic mass is 10.3. The molecule has 2 N–H and O–H groups in total. The molecule has 0 aliphatic rings. The minimum atomic E-state index is -0.374. The van der Waals surface area contributed by atoms with E-state index in [2.05, 4.69) is 20.5 Å². The molecule has 17 heavy (non-hydrogen) atoms. The van der Waals surface area contributed by atoms with Crippen LogP contribution < -0.4 is 10.2 Å². The average molecular weight is 271 g/mol. The molecule has 88 valence electrons. The number of H-pyrrole nitrogens is 1. The fourth-order valence-electron chi connectivity index (χ4n) is 1.10. The van der Waals surface area contributed by atoms with Crippen molar-refractivity contribution in [2.45, 2.75) is 6.54 Å². The topological polar surface area (TPSA) is 87.7 Å². The number of nitrogens with one attached hydrogen (secondary N) is 2. The third-order valence-corrected chi connectivity index (χ3v) is 2.79. The summed E-state index contributed by atoms with van der Waals surface area (Å²) in [5.41, 5.74) is 0.822. The van der Waals surface area contributed by atoms with Crippen molar-refractivity contribution in [3.8, 4) is 0 Å². The van der Waals surface area contributed by atoms with Crippen molar-refractivity contribution in [3.05, 3.63) is 43.7 Å². The summed E-state index contributed by atoms with van der Waals surface area (Å²) in [6, 6.07) is 2.96. The van der Waals surface area contributed by atoms with Gasteiger partial charge < -0.3 is 10.3 Å². The number of hydrogen-bond donors (Lipinski definition) is 2. The maximum absolute atomic E-state index is 11.6. The van der Waals surface area contributed by atoms with E-state index >= 15 is 0 Å². The van der Waals surface area contributed by atoms with E-state index in [0.717, 1.165) is 11.3 Å². The van der Waals surface area contributed by atoms with Gasteiger partial charge in [0.15, 0.2) is 10.8 Å². The van der Waals surface area contributed by atoms with Gasteiger partial charge >= 0.3 is 4.87 Å². The van der Waals surface area contributed by atoms with Gasteiger partial charge in [-0.2, -0.15) is 0 Å². The molecule has 0 spiro atoms. The molecule has 8 heteroatoms. The van der Waals surface area contributed by atoms with Crippen LogP contribution in [0.4, 0.5) is 0 Å². The molecule has 0 aliphatic heterocycles. The number of carbonyl (C=O) groups is 1. The van der Waals surface area contributed by atoms with E-state index in [1.165, 1.54) is 12.1 Å². The molecule has 0 atom stereocenters. The quantitative estimate of drug-likeness (QED) is 0.864. The summed E-state index contributed by atoms with van der Waals surface area (Å²) < 4.78 is 0. The predicted molar refractivity (Wildman–Crippen MR) is 63.2 cm³/mol. The first-order valence-corrected chi connectivity index (χ1v) is 5.85. The first-order chi connectivity index (χ1) is 8.15. The van der Waals surface area contributed by atoms with Gasteiger partial charge in [0.05, 0.1) is 6.54 Å². The third-order valence-electron chi connectivity index (χ3n) is 1.87. The monoisotopic (exact) mass is 270 g/mol. The van der Waals surface area contributed by atoms with Gasteiger partial charge in [-0.1, -0.05) is 22.9 Å². The highest BCUT2D eigenvalue weighted by Crippen LogP contribution is 2.02. The Kier molecular flexibility index (Phi) is 3.50. The third kappa shape index (κ3) is 3.11. The first-order valence-electron chi connectivity index (χ1n) is 4.59. The number of amides is 1. The van der Waals surface area contributed by atoms with Crippen LogP contribution in [0.5, 0.6) is 0 Å². The van der Waals surface area contributed by atoms with Crippen molar-refractivity contribution in [3.63, 3.8) is 0 Å². The summed E-state index contributed by atoms with van der Waals surface area (Å²) >= 11 is 6.59. The van der Waals surface area contributed by atoms with Gasteiger partial charge in [-0.25, -0.2) is 0 Å². The lowest BCUT2D eigenvalue weighted by molar-refractivity contribution is 0.0944. The molecule has 0 bridgehead atoms. The van der Waals surface area contributed by atoms with Crippen molar-refractivity contribution in [2.24, 2.45) is 0 Å². The maximum Gasteiger partial charge on any atom is 0.304 e. The molecule has 0 aromatic carbocycles. The first kappa shape index (κ1) is 11.7. The van der Waals surface area contributed by atoms with E-state index in [-0.39, 0.29) is 28.2 Å².